The van der Waals surface area contributed by atoms with E-state index in [2.05, 4.69) is 45.4 Å². The molecule has 1 unspecified atom stereocenters. The van der Waals surface area contributed by atoms with Gasteiger partial charge in [0.1, 0.15) is 6.61 Å². The van der Waals surface area contributed by atoms with E-state index in [1.54, 1.807) is 6.20 Å². The number of carbonyl (C=O) groups excluding carboxylic acids is 2. The lowest BCUT2D eigenvalue weighted by atomic mass is 9.78. The number of piperazine rings is 1. The number of thioether (sulfide) groups is 1. The lowest BCUT2D eigenvalue weighted by Crippen LogP contribution is -2.59. The lowest BCUT2D eigenvalue weighted by molar-refractivity contribution is -0.130. The number of hydrogen-bond donors (Lipinski definition) is 1. The van der Waals surface area contributed by atoms with Crippen molar-refractivity contribution in [1.82, 2.24) is 15.1 Å². The Hall–Kier alpha value is -2.82. The lowest BCUT2D eigenvalue weighted by Gasteiger charge is -2.48. The Balaban J connectivity index is 1.28. The fraction of sp³-hybridized carbons (Fsp3) is 0.567. The van der Waals surface area contributed by atoms with Crippen LogP contribution in [0.2, 0.25) is 0 Å². The maximum atomic E-state index is 13.0. The van der Waals surface area contributed by atoms with E-state index in [-0.39, 0.29) is 11.8 Å². The average Bonchev–Trinajstić information content (AvgIpc) is 3.45. The van der Waals surface area contributed by atoms with E-state index in [0.717, 1.165) is 67.8 Å². The van der Waals surface area contributed by atoms with Gasteiger partial charge in [0, 0.05) is 48.7 Å². The van der Waals surface area contributed by atoms with Gasteiger partial charge in [-0.3, -0.25) is 19.5 Å². The van der Waals surface area contributed by atoms with Gasteiger partial charge in [0.15, 0.2) is 11.0 Å². The third kappa shape index (κ3) is 8.34. The summed E-state index contributed by atoms with van der Waals surface area (Å²) in [6.07, 6.45) is 15.3. The molecule has 216 valence electrons. The standard InChI is InChI=1S/C30H42N6O3S/c1-21(17-33-28(31-4)19-39-27-9-5-6-10-27)24-8-7-11-32-30(40-23(3)14-24)34-29(38)25-15-26(16-25)36-13-12-35(20-37)18-22(36)2/h7-8,14,17,20,22,25-27H,3-6,9-13,15-16,18-19H2,1-2H3,(H,32,34,38)/b8-7-,21-17+,24-14+,33-28-. The van der Waals surface area contributed by atoms with Gasteiger partial charge in [0.2, 0.25) is 12.3 Å². The van der Waals surface area contributed by atoms with E-state index in [4.69, 9.17) is 4.74 Å². The molecule has 0 spiro atoms. The monoisotopic (exact) mass is 566 g/mol. The second kappa shape index (κ2) is 14.7. The van der Waals surface area contributed by atoms with Crippen LogP contribution in [-0.4, -0.2) is 90.8 Å². The smallest absolute Gasteiger partial charge is 0.229 e. The van der Waals surface area contributed by atoms with Crippen molar-refractivity contribution in [3.8, 4) is 0 Å². The third-order valence-corrected chi connectivity index (χ3v) is 8.82. The molecule has 4 aliphatic rings. The molecule has 40 heavy (non-hydrogen) atoms. The van der Waals surface area contributed by atoms with E-state index in [0.29, 0.717) is 42.3 Å². The molecule has 3 fully saturated rings. The van der Waals surface area contributed by atoms with Crippen LogP contribution in [-0.2, 0) is 14.3 Å². The van der Waals surface area contributed by atoms with Crippen LogP contribution in [0.25, 0.3) is 0 Å². The highest BCUT2D eigenvalue weighted by Gasteiger charge is 2.41. The minimum atomic E-state index is -0.0273. The summed E-state index contributed by atoms with van der Waals surface area (Å²) in [4.78, 5) is 42.2. The van der Waals surface area contributed by atoms with Gasteiger partial charge in [-0.1, -0.05) is 43.3 Å². The number of carbonyl (C=O) groups is 2. The summed E-state index contributed by atoms with van der Waals surface area (Å²) in [7, 11) is 0. The average molecular weight is 567 g/mol. The molecule has 0 bridgehead atoms. The Bertz CT molecular complexity index is 1110. The molecule has 9 nitrogen and oxygen atoms in total. The van der Waals surface area contributed by atoms with Crippen molar-refractivity contribution >= 4 is 41.8 Å². The topological polar surface area (TPSA) is 99.0 Å². The maximum Gasteiger partial charge on any atom is 0.229 e. The third-order valence-electron chi connectivity index (χ3n) is 8.02. The van der Waals surface area contributed by atoms with Crippen LogP contribution in [0.15, 0.2) is 62.0 Å². The first kappa shape index (κ1) is 30.1. The van der Waals surface area contributed by atoms with Gasteiger partial charge in [0.25, 0.3) is 0 Å². The van der Waals surface area contributed by atoms with Crippen LogP contribution in [0.1, 0.15) is 52.4 Å². The number of aliphatic imine (C=N–C) groups is 3. The zero-order valence-corrected chi connectivity index (χ0v) is 24.6. The molecule has 2 aliphatic heterocycles. The molecule has 2 aliphatic carbocycles. The van der Waals surface area contributed by atoms with Gasteiger partial charge in [-0.2, -0.15) is 0 Å². The van der Waals surface area contributed by atoms with Crippen LogP contribution >= 0.6 is 11.8 Å². The van der Waals surface area contributed by atoms with Crippen LogP contribution in [0.3, 0.4) is 0 Å². The van der Waals surface area contributed by atoms with Crippen molar-refractivity contribution in [3.05, 3.63) is 47.1 Å². The molecule has 10 heteroatoms. The number of amides is 2. The summed E-state index contributed by atoms with van der Waals surface area (Å²) in [6.45, 7) is 15.1. The quantitative estimate of drug-likeness (QED) is 0.271. The SMILES string of the molecule is C=N\C(COC1CCCC1)=N/C=C(C)/C1=C/C(=C)S/C(NC(=O)C2CC(N3CCN(C=O)CC3C)C2)=N\C/C=C\1. The minimum Gasteiger partial charge on any atom is -0.370 e. The zero-order valence-electron chi connectivity index (χ0n) is 23.8. The summed E-state index contributed by atoms with van der Waals surface area (Å²) < 4.78 is 5.92. The molecule has 0 aromatic carbocycles. The Kier molecular flexibility index (Phi) is 11.1. The number of amidine groups is 2. The van der Waals surface area contributed by atoms with Crippen molar-refractivity contribution < 1.29 is 14.3 Å². The molecule has 0 aromatic heterocycles. The fourth-order valence-corrected chi connectivity index (χ4v) is 6.29. The number of ether oxygens (including phenoxy) is 1. The van der Waals surface area contributed by atoms with Crippen LogP contribution in [0.5, 0.6) is 0 Å². The maximum absolute atomic E-state index is 13.0. The minimum absolute atomic E-state index is 0.0107. The molecule has 4 rings (SSSR count). The van der Waals surface area contributed by atoms with Crippen LogP contribution in [0, 0.1) is 5.92 Å². The number of nitrogens with zero attached hydrogens (tertiary/aromatic N) is 5. The van der Waals surface area contributed by atoms with Crippen LogP contribution in [0.4, 0.5) is 0 Å². The highest BCUT2D eigenvalue weighted by molar-refractivity contribution is 8.17. The number of hydrogen-bond acceptors (Lipinski definition) is 7. The van der Waals surface area contributed by atoms with E-state index in [9.17, 15) is 9.59 Å². The molecule has 1 saturated heterocycles. The summed E-state index contributed by atoms with van der Waals surface area (Å²) in [5, 5.41) is 3.60. The molecule has 1 N–H and O–H groups in total. The van der Waals surface area contributed by atoms with Gasteiger partial charge in [-0.15, -0.1) is 0 Å². The number of allylic oxidation sites excluding steroid dienone is 4. The Morgan fingerprint density at radius 2 is 2.08 bits per heavy atom. The molecule has 2 saturated carbocycles. The number of nitrogens with one attached hydrogen (secondary N) is 1. The predicted octanol–water partition coefficient (Wildman–Crippen LogP) is 4.10. The molecule has 0 aromatic rings. The van der Waals surface area contributed by atoms with Gasteiger partial charge in [0.05, 0.1) is 12.6 Å². The Morgan fingerprint density at radius 3 is 2.77 bits per heavy atom. The molecular formula is C30H42N6O3S. The normalized spacial score (nSPS) is 30.6. The zero-order chi connectivity index (χ0) is 28.5. The van der Waals surface area contributed by atoms with Gasteiger partial charge in [-0.05, 0) is 63.5 Å². The first-order valence-electron chi connectivity index (χ1n) is 14.2. The second-order valence-corrected chi connectivity index (χ2v) is 12.1. The van der Waals surface area contributed by atoms with Gasteiger partial charge >= 0.3 is 0 Å². The van der Waals surface area contributed by atoms with Crippen molar-refractivity contribution in [3.63, 3.8) is 0 Å². The summed E-state index contributed by atoms with van der Waals surface area (Å²) in [5.41, 5.74) is 1.92. The van der Waals surface area contributed by atoms with E-state index >= 15 is 0 Å². The van der Waals surface area contributed by atoms with E-state index in [1.807, 2.05) is 30.1 Å². The predicted molar refractivity (Wildman–Crippen MR) is 164 cm³/mol. The Morgan fingerprint density at radius 1 is 1.30 bits per heavy atom. The number of rotatable bonds is 8. The Labute approximate surface area is 242 Å². The fourth-order valence-electron chi connectivity index (χ4n) is 5.57. The molecule has 0 radical (unpaired) electrons. The molecular weight excluding hydrogens is 524 g/mol. The van der Waals surface area contributed by atoms with Crippen molar-refractivity contribution in [2.75, 3.05) is 32.8 Å². The summed E-state index contributed by atoms with van der Waals surface area (Å²) in [5.74, 6) is 0.549. The van der Waals surface area contributed by atoms with Crippen molar-refractivity contribution in [2.24, 2.45) is 20.9 Å². The van der Waals surface area contributed by atoms with E-state index in [1.165, 1.54) is 24.6 Å². The van der Waals surface area contributed by atoms with Gasteiger partial charge < -0.3 is 15.0 Å². The van der Waals surface area contributed by atoms with Crippen molar-refractivity contribution in [1.29, 1.82) is 0 Å². The first-order chi connectivity index (χ1) is 19.4. The van der Waals surface area contributed by atoms with Crippen molar-refractivity contribution in [2.45, 2.75) is 70.6 Å². The second-order valence-electron chi connectivity index (χ2n) is 10.9. The summed E-state index contributed by atoms with van der Waals surface area (Å²) >= 11 is 1.37. The highest BCUT2D eigenvalue weighted by atomic mass is 32.2. The van der Waals surface area contributed by atoms with E-state index < -0.39 is 0 Å². The largest absolute Gasteiger partial charge is 0.370 e. The molecule has 2 heterocycles. The van der Waals surface area contributed by atoms with Crippen LogP contribution < -0.4 is 5.32 Å². The molecule has 1 atom stereocenters. The highest BCUT2D eigenvalue weighted by Crippen LogP contribution is 2.34. The van der Waals surface area contributed by atoms with Gasteiger partial charge in [-0.25, -0.2) is 9.98 Å². The molecule has 2 amide bonds. The summed E-state index contributed by atoms with van der Waals surface area (Å²) in [6, 6.07) is 0.702. The first-order valence-corrected chi connectivity index (χ1v) is 15.1.